The number of nitrogens with zero attached hydrogens (tertiary/aromatic N) is 4. The molecule has 0 radical (unpaired) electrons. The molecule has 7 heteroatoms. The average Bonchev–Trinajstić information content (AvgIpc) is 2.87. The van der Waals surface area contributed by atoms with Gasteiger partial charge < -0.3 is 4.52 Å². The van der Waals surface area contributed by atoms with Gasteiger partial charge >= 0.3 is 0 Å². The second-order valence-corrected chi connectivity index (χ2v) is 4.49. The summed E-state index contributed by atoms with van der Waals surface area (Å²) >= 11 is 0. The molecule has 0 bridgehead atoms. The van der Waals surface area contributed by atoms with Gasteiger partial charge in [-0.2, -0.15) is 10.2 Å². The first kappa shape index (κ1) is 13.7. The number of nitro groups is 1. The molecule has 1 heterocycles. The van der Waals surface area contributed by atoms with Crippen LogP contribution in [0.1, 0.15) is 19.2 Å². The van der Waals surface area contributed by atoms with Gasteiger partial charge in [-0.15, -0.1) is 0 Å². The highest BCUT2D eigenvalue weighted by molar-refractivity contribution is 5.58. The quantitative estimate of drug-likeness (QED) is 0.612. The van der Waals surface area contributed by atoms with Crippen LogP contribution in [0, 0.1) is 27.4 Å². The lowest BCUT2D eigenvalue weighted by Crippen LogP contribution is -1.98. The van der Waals surface area contributed by atoms with Crippen molar-refractivity contribution >= 4 is 5.69 Å². The van der Waals surface area contributed by atoms with E-state index in [2.05, 4.69) is 16.2 Å². The third kappa shape index (κ3) is 3.17. The summed E-state index contributed by atoms with van der Waals surface area (Å²) in [5.74, 6) is 0.862. The normalized spacial score (nSPS) is 11.8. The molecule has 2 rings (SSSR count). The summed E-state index contributed by atoms with van der Waals surface area (Å²) in [6, 6.07) is 8.13. The van der Waals surface area contributed by atoms with E-state index in [1.807, 2.05) is 6.92 Å². The molecule has 0 spiro atoms. The highest BCUT2D eigenvalue weighted by Crippen LogP contribution is 2.22. The number of hydrogen-bond acceptors (Lipinski definition) is 6. The van der Waals surface area contributed by atoms with Crippen molar-refractivity contribution in [2.75, 3.05) is 0 Å². The monoisotopic (exact) mass is 272 g/mol. The molecule has 0 aliphatic carbocycles. The van der Waals surface area contributed by atoms with Gasteiger partial charge in [0.05, 0.1) is 11.0 Å². The summed E-state index contributed by atoms with van der Waals surface area (Å²) in [6.45, 7) is 1.92. The van der Waals surface area contributed by atoms with Gasteiger partial charge in [-0.3, -0.25) is 10.1 Å². The third-order valence-corrected chi connectivity index (χ3v) is 2.75. The first-order chi connectivity index (χ1) is 9.60. The van der Waals surface area contributed by atoms with E-state index >= 15 is 0 Å². The van der Waals surface area contributed by atoms with Crippen molar-refractivity contribution in [2.24, 2.45) is 5.92 Å². The Morgan fingerprint density at radius 2 is 2.35 bits per heavy atom. The van der Waals surface area contributed by atoms with Crippen LogP contribution in [0.15, 0.2) is 28.8 Å². The van der Waals surface area contributed by atoms with Gasteiger partial charge in [-0.25, -0.2) is 0 Å². The Morgan fingerprint density at radius 1 is 1.55 bits per heavy atom. The van der Waals surface area contributed by atoms with Gasteiger partial charge in [-0.05, 0) is 5.92 Å². The fourth-order valence-corrected chi connectivity index (χ4v) is 1.74. The molecule has 1 atom stereocenters. The lowest BCUT2D eigenvalue weighted by Gasteiger charge is -2.00. The number of nitro benzene ring substituents is 1. The minimum Gasteiger partial charge on any atom is -0.339 e. The van der Waals surface area contributed by atoms with Crippen molar-refractivity contribution in [2.45, 2.75) is 19.8 Å². The lowest BCUT2D eigenvalue weighted by atomic mass is 10.1. The van der Waals surface area contributed by atoms with Crippen LogP contribution < -0.4 is 0 Å². The van der Waals surface area contributed by atoms with Crippen molar-refractivity contribution in [1.29, 1.82) is 5.26 Å². The molecule has 2 aromatic rings. The highest BCUT2D eigenvalue weighted by atomic mass is 16.6. The molecule has 0 amide bonds. The van der Waals surface area contributed by atoms with Crippen molar-refractivity contribution < 1.29 is 9.45 Å². The average molecular weight is 272 g/mol. The van der Waals surface area contributed by atoms with E-state index in [0.717, 1.165) is 0 Å². The molecular weight excluding hydrogens is 260 g/mol. The van der Waals surface area contributed by atoms with Gasteiger partial charge in [-0.1, -0.05) is 24.2 Å². The fraction of sp³-hybridized carbons (Fsp3) is 0.308. The molecule has 20 heavy (non-hydrogen) atoms. The summed E-state index contributed by atoms with van der Waals surface area (Å²) in [5, 5.41) is 23.1. The minimum atomic E-state index is -0.473. The number of rotatable bonds is 5. The van der Waals surface area contributed by atoms with Crippen molar-refractivity contribution in [3.8, 4) is 17.5 Å². The molecule has 0 saturated carbocycles. The minimum absolute atomic E-state index is 0.0216. The van der Waals surface area contributed by atoms with Gasteiger partial charge in [0.15, 0.2) is 0 Å². The largest absolute Gasteiger partial charge is 0.339 e. The Kier molecular flexibility index (Phi) is 4.05. The molecule has 0 N–H and O–H groups in total. The maximum Gasteiger partial charge on any atom is 0.270 e. The molecular formula is C13H12N4O3. The van der Waals surface area contributed by atoms with Crippen LogP contribution in [0.5, 0.6) is 0 Å². The van der Waals surface area contributed by atoms with E-state index in [1.165, 1.54) is 12.1 Å². The number of hydrogen-bond donors (Lipinski definition) is 0. The summed E-state index contributed by atoms with van der Waals surface area (Å²) < 4.78 is 5.10. The Bertz CT molecular complexity index is 660. The summed E-state index contributed by atoms with van der Waals surface area (Å²) in [7, 11) is 0. The Morgan fingerprint density at radius 3 is 3.05 bits per heavy atom. The molecule has 0 aliphatic heterocycles. The third-order valence-electron chi connectivity index (χ3n) is 2.75. The first-order valence-electron chi connectivity index (χ1n) is 6.04. The second-order valence-electron chi connectivity index (χ2n) is 4.49. The molecule has 7 nitrogen and oxygen atoms in total. The van der Waals surface area contributed by atoms with Crippen LogP contribution in [0.3, 0.4) is 0 Å². The van der Waals surface area contributed by atoms with Gasteiger partial charge in [0, 0.05) is 30.5 Å². The molecule has 0 aliphatic rings. The summed E-state index contributed by atoms with van der Waals surface area (Å²) in [6.07, 6.45) is 0.921. The fourth-order valence-electron chi connectivity index (χ4n) is 1.74. The van der Waals surface area contributed by atoms with Gasteiger partial charge in [0.2, 0.25) is 11.7 Å². The molecule has 0 fully saturated rings. The zero-order chi connectivity index (χ0) is 14.5. The van der Waals surface area contributed by atoms with E-state index in [9.17, 15) is 10.1 Å². The highest BCUT2D eigenvalue weighted by Gasteiger charge is 2.14. The molecule has 0 saturated heterocycles. The predicted molar refractivity (Wildman–Crippen MR) is 69.5 cm³/mol. The van der Waals surface area contributed by atoms with Crippen LogP contribution in [0.2, 0.25) is 0 Å². The summed E-state index contributed by atoms with van der Waals surface area (Å²) in [4.78, 5) is 14.4. The van der Waals surface area contributed by atoms with E-state index in [1.54, 1.807) is 12.1 Å². The van der Waals surface area contributed by atoms with Crippen LogP contribution >= 0.6 is 0 Å². The number of non-ortho nitro benzene ring substituents is 1. The Hall–Kier alpha value is -2.75. The van der Waals surface area contributed by atoms with Crippen LogP contribution in [0.25, 0.3) is 11.4 Å². The molecule has 1 aromatic carbocycles. The second kappa shape index (κ2) is 5.93. The van der Waals surface area contributed by atoms with E-state index in [4.69, 9.17) is 9.78 Å². The van der Waals surface area contributed by atoms with Crippen molar-refractivity contribution in [3.05, 3.63) is 40.3 Å². The summed E-state index contributed by atoms with van der Waals surface area (Å²) in [5.41, 5.74) is 0.508. The zero-order valence-corrected chi connectivity index (χ0v) is 10.8. The smallest absolute Gasteiger partial charge is 0.270 e. The Labute approximate surface area is 115 Å². The molecule has 1 unspecified atom stereocenters. The van der Waals surface area contributed by atoms with Gasteiger partial charge in [0.25, 0.3) is 5.69 Å². The Balaban J connectivity index is 2.18. The SMILES string of the molecule is CC(CC#N)Cc1nc(-c2cccc([N+](=O)[O-])c2)no1. The molecule has 1 aromatic heterocycles. The number of aromatic nitrogens is 2. The van der Waals surface area contributed by atoms with E-state index in [-0.39, 0.29) is 11.6 Å². The van der Waals surface area contributed by atoms with Crippen LogP contribution in [-0.4, -0.2) is 15.1 Å². The lowest BCUT2D eigenvalue weighted by molar-refractivity contribution is -0.384. The predicted octanol–water partition coefficient (Wildman–Crippen LogP) is 2.74. The molecule has 102 valence electrons. The number of benzene rings is 1. The van der Waals surface area contributed by atoms with Gasteiger partial charge in [0.1, 0.15) is 0 Å². The zero-order valence-electron chi connectivity index (χ0n) is 10.8. The first-order valence-corrected chi connectivity index (χ1v) is 6.04. The van der Waals surface area contributed by atoms with E-state index in [0.29, 0.717) is 30.1 Å². The maximum absolute atomic E-state index is 10.7. The van der Waals surface area contributed by atoms with Crippen LogP contribution in [0.4, 0.5) is 5.69 Å². The van der Waals surface area contributed by atoms with Crippen LogP contribution in [-0.2, 0) is 6.42 Å². The maximum atomic E-state index is 10.7. The number of nitriles is 1. The standard InChI is InChI=1S/C13H12N4O3/c1-9(5-6-14)7-12-15-13(16-20-12)10-3-2-4-11(8-10)17(18)19/h2-4,8-9H,5,7H2,1H3. The topological polar surface area (TPSA) is 106 Å². The van der Waals surface area contributed by atoms with Crippen molar-refractivity contribution in [3.63, 3.8) is 0 Å². The van der Waals surface area contributed by atoms with Crippen molar-refractivity contribution in [1.82, 2.24) is 10.1 Å². The van der Waals surface area contributed by atoms with E-state index < -0.39 is 4.92 Å².